The molecule has 0 saturated carbocycles. The number of carbonyl (C=O) groups is 1. The fourth-order valence-electron chi connectivity index (χ4n) is 3.86. The summed E-state index contributed by atoms with van der Waals surface area (Å²) in [7, 11) is 0. The molecule has 8 heteroatoms. The van der Waals surface area contributed by atoms with Crippen LogP contribution in [-0.2, 0) is 6.42 Å². The molecule has 1 aromatic carbocycles. The van der Waals surface area contributed by atoms with Gasteiger partial charge in [0.2, 0.25) is 0 Å². The minimum absolute atomic E-state index is 0.115. The molecule has 1 unspecified atom stereocenters. The molecule has 0 spiro atoms. The summed E-state index contributed by atoms with van der Waals surface area (Å²) in [5.74, 6) is -1.51. The zero-order chi connectivity index (χ0) is 20.5. The summed E-state index contributed by atoms with van der Waals surface area (Å²) < 4.78 is 33.2. The van der Waals surface area contributed by atoms with Gasteiger partial charge < -0.3 is 9.42 Å². The average Bonchev–Trinajstić information content (AvgIpc) is 3.29. The molecule has 0 bridgehead atoms. The van der Waals surface area contributed by atoms with E-state index in [1.54, 1.807) is 12.4 Å². The van der Waals surface area contributed by atoms with Crippen molar-refractivity contribution in [3.05, 3.63) is 64.9 Å². The summed E-state index contributed by atoms with van der Waals surface area (Å²) in [6.45, 7) is 4.53. The van der Waals surface area contributed by atoms with Crippen molar-refractivity contribution in [2.75, 3.05) is 13.1 Å². The van der Waals surface area contributed by atoms with E-state index in [1.165, 1.54) is 11.0 Å². The second-order valence-electron chi connectivity index (χ2n) is 7.26. The van der Waals surface area contributed by atoms with Crippen molar-refractivity contribution < 1.29 is 18.1 Å². The summed E-state index contributed by atoms with van der Waals surface area (Å²) in [4.78, 5) is 23.1. The number of aromatic nitrogens is 3. The van der Waals surface area contributed by atoms with Gasteiger partial charge in [0, 0.05) is 25.5 Å². The van der Waals surface area contributed by atoms with E-state index in [2.05, 4.69) is 15.1 Å². The van der Waals surface area contributed by atoms with Gasteiger partial charge in [-0.2, -0.15) is 0 Å². The number of hydrogen-bond donors (Lipinski definition) is 0. The Morgan fingerprint density at radius 2 is 1.93 bits per heavy atom. The number of likely N-dealkylation sites (tertiary alicyclic amines) is 1. The van der Waals surface area contributed by atoms with Crippen molar-refractivity contribution >= 4 is 5.91 Å². The predicted molar refractivity (Wildman–Crippen MR) is 101 cm³/mol. The highest BCUT2D eigenvalue weighted by Gasteiger charge is 2.31. The van der Waals surface area contributed by atoms with Crippen LogP contribution in [0, 0.1) is 31.4 Å². The number of rotatable bonds is 4. The van der Waals surface area contributed by atoms with Gasteiger partial charge in [-0.05, 0) is 44.7 Å². The molecule has 0 radical (unpaired) electrons. The monoisotopic (exact) mass is 398 g/mol. The summed E-state index contributed by atoms with van der Waals surface area (Å²) in [6.07, 6.45) is 4.57. The highest BCUT2D eigenvalue weighted by Crippen LogP contribution is 2.30. The van der Waals surface area contributed by atoms with Gasteiger partial charge >= 0.3 is 0 Å². The van der Waals surface area contributed by atoms with E-state index in [-0.39, 0.29) is 5.92 Å². The Kier molecular flexibility index (Phi) is 5.08. The second-order valence-corrected chi connectivity index (χ2v) is 7.26. The van der Waals surface area contributed by atoms with Crippen molar-refractivity contribution in [1.29, 1.82) is 0 Å². The van der Waals surface area contributed by atoms with E-state index in [1.807, 2.05) is 13.8 Å². The molecule has 150 valence electrons. The van der Waals surface area contributed by atoms with Gasteiger partial charge in [0.05, 0.1) is 22.6 Å². The van der Waals surface area contributed by atoms with Crippen LogP contribution in [0.25, 0.3) is 11.3 Å². The van der Waals surface area contributed by atoms with Crippen molar-refractivity contribution in [3.63, 3.8) is 0 Å². The first-order chi connectivity index (χ1) is 14.0. The Balaban J connectivity index is 1.53. The highest BCUT2D eigenvalue weighted by atomic mass is 19.1. The lowest BCUT2D eigenvalue weighted by Gasteiger charge is -2.17. The normalized spacial score (nSPS) is 16.4. The smallest absolute Gasteiger partial charge is 0.259 e. The third-order valence-corrected chi connectivity index (χ3v) is 5.28. The Morgan fingerprint density at radius 1 is 1.21 bits per heavy atom. The molecule has 6 nitrogen and oxygen atoms in total. The largest absolute Gasteiger partial charge is 0.361 e. The van der Waals surface area contributed by atoms with Gasteiger partial charge in [0.1, 0.15) is 23.0 Å². The minimum Gasteiger partial charge on any atom is -0.361 e. The third kappa shape index (κ3) is 3.62. The number of benzene rings is 1. The topological polar surface area (TPSA) is 72.1 Å². The molecule has 3 heterocycles. The van der Waals surface area contributed by atoms with Crippen LogP contribution < -0.4 is 0 Å². The van der Waals surface area contributed by atoms with Crippen LogP contribution in [0.5, 0.6) is 0 Å². The van der Waals surface area contributed by atoms with Crippen molar-refractivity contribution in [2.45, 2.75) is 26.7 Å². The van der Waals surface area contributed by atoms with Crippen LogP contribution in [0.2, 0.25) is 0 Å². The number of amides is 1. The number of hydrogen-bond acceptors (Lipinski definition) is 5. The fourth-order valence-corrected chi connectivity index (χ4v) is 3.86. The fraction of sp³-hybridized carbons (Fsp3) is 0.333. The number of carbonyl (C=O) groups excluding carboxylic acids is 1. The number of nitrogens with zero attached hydrogens (tertiary/aromatic N) is 4. The standard InChI is InChI=1S/C21H20F2N4O2/c1-12-18(13(2)29-26-12)20-17(24-7-8-25-20)10-14-6-9-27(11-14)21(28)19-15(22)4-3-5-16(19)23/h3-5,7-8,14H,6,9-11H2,1-2H3. The van der Waals surface area contributed by atoms with E-state index in [0.717, 1.165) is 35.5 Å². The minimum atomic E-state index is -0.840. The van der Waals surface area contributed by atoms with Crippen molar-refractivity contribution in [2.24, 2.45) is 5.92 Å². The van der Waals surface area contributed by atoms with Gasteiger partial charge in [-0.25, -0.2) is 8.78 Å². The molecule has 3 aromatic rings. The van der Waals surface area contributed by atoms with Crippen LogP contribution in [0.4, 0.5) is 8.78 Å². The summed E-state index contributed by atoms with van der Waals surface area (Å²) in [5, 5.41) is 3.98. The maximum Gasteiger partial charge on any atom is 0.259 e. The van der Waals surface area contributed by atoms with Crippen molar-refractivity contribution in [1.82, 2.24) is 20.0 Å². The maximum absolute atomic E-state index is 14.0. The maximum atomic E-state index is 14.0. The molecular formula is C21H20F2N4O2. The Morgan fingerprint density at radius 3 is 2.62 bits per heavy atom. The lowest BCUT2D eigenvalue weighted by molar-refractivity contribution is 0.0777. The lowest BCUT2D eigenvalue weighted by atomic mass is 9.98. The summed E-state index contributed by atoms with van der Waals surface area (Å²) >= 11 is 0. The molecule has 1 saturated heterocycles. The van der Waals surface area contributed by atoms with Crippen LogP contribution in [0.15, 0.2) is 35.1 Å². The van der Waals surface area contributed by atoms with Gasteiger partial charge in [0.15, 0.2) is 0 Å². The van der Waals surface area contributed by atoms with E-state index < -0.39 is 23.1 Å². The molecule has 1 aliphatic rings. The lowest BCUT2D eigenvalue weighted by Crippen LogP contribution is -2.30. The molecule has 1 amide bonds. The second kappa shape index (κ2) is 7.69. The predicted octanol–water partition coefficient (Wildman–Crippen LogP) is 3.73. The highest BCUT2D eigenvalue weighted by molar-refractivity contribution is 5.95. The van der Waals surface area contributed by atoms with E-state index in [0.29, 0.717) is 31.0 Å². The molecule has 1 atom stereocenters. The molecule has 29 heavy (non-hydrogen) atoms. The van der Waals surface area contributed by atoms with Gasteiger partial charge in [-0.3, -0.25) is 14.8 Å². The van der Waals surface area contributed by atoms with Gasteiger partial charge in [-0.15, -0.1) is 0 Å². The first-order valence-electron chi connectivity index (χ1n) is 9.42. The van der Waals surface area contributed by atoms with Crippen LogP contribution in [0.3, 0.4) is 0 Å². The zero-order valence-corrected chi connectivity index (χ0v) is 16.2. The quantitative estimate of drug-likeness (QED) is 0.670. The average molecular weight is 398 g/mol. The molecular weight excluding hydrogens is 378 g/mol. The molecule has 0 N–H and O–H groups in total. The van der Waals surface area contributed by atoms with Crippen LogP contribution in [-0.4, -0.2) is 39.0 Å². The number of aryl methyl sites for hydroxylation is 2. The molecule has 1 fully saturated rings. The zero-order valence-electron chi connectivity index (χ0n) is 16.2. The van der Waals surface area contributed by atoms with Gasteiger partial charge in [-0.1, -0.05) is 11.2 Å². The Hall–Kier alpha value is -3.16. The summed E-state index contributed by atoms with van der Waals surface area (Å²) in [5.41, 5.74) is 2.57. The van der Waals surface area contributed by atoms with E-state index in [4.69, 9.17) is 4.52 Å². The van der Waals surface area contributed by atoms with Crippen LogP contribution >= 0.6 is 0 Å². The SMILES string of the molecule is Cc1noc(C)c1-c1nccnc1CC1CCN(C(=O)c2c(F)cccc2F)C1. The van der Waals surface area contributed by atoms with E-state index >= 15 is 0 Å². The van der Waals surface area contributed by atoms with Gasteiger partial charge in [0.25, 0.3) is 5.91 Å². The first-order valence-corrected chi connectivity index (χ1v) is 9.42. The molecule has 2 aromatic heterocycles. The summed E-state index contributed by atoms with van der Waals surface area (Å²) in [6, 6.07) is 3.44. The number of halogens is 2. The molecule has 1 aliphatic heterocycles. The molecule has 4 rings (SSSR count). The third-order valence-electron chi connectivity index (χ3n) is 5.28. The Bertz CT molecular complexity index is 1030. The van der Waals surface area contributed by atoms with E-state index in [9.17, 15) is 13.6 Å². The van der Waals surface area contributed by atoms with Crippen LogP contribution in [0.1, 0.15) is 33.9 Å². The first kappa shape index (κ1) is 19.2. The van der Waals surface area contributed by atoms with Crippen molar-refractivity contribution in [3.8, 4) is 11.3 Å². The Labute approximate surface area is 166 Å². The molecule has 0 aliphatic carbocycles.